The Labute approximate surface area is 192 Å². The number of aromatic nitrogens is 1. The van der Waals surface area contributed by atoms with E-state index in [4.69, 9.17) is 4.52 Å². The van der Waals surface area contributed by atoms with Gasteiger partial charge in [-0.15, -0.1) is 0 Å². The lowest BCUT2D eigenvalue weighted by Crippen LogP contribution is -2.30. The van der Waals surface area contributed by atoms with Crippen molar-refractivity contribution in [1.29, 1.82) is 0 Å². The van der Waals surface area contributed by atoms with E-state index in [1.807, 2.05) is 20.8 Å². The minimum absolute atomic E-state index is 0.0608. The first kappa shape index (κ1) is 22.0. The molecule has 32 heavy (non-hydrogen) atoms. The van der Waals surface area contributed by atoms with Crippen LogP contribution >= 0.6 is 15.9 Å². The number of carbonyl (C=O) groups excluding carboxylic acids is 2. The molecule has 1 aliphatic rings. The third kappa shape index (κ3) is 3.75. The van der Waals surface area contributed by atoms with Gasteiger partial charge >= 0.3 is 5.91 Å². The average molecular weight is 499 g/mol. The fraction of sp³-hybridized carbons (Fsp3) is 0.208. The predicted octanol–water partition coefficient (Wildman–Crippen LogP) is 5.50. The first-order valence-electron chi connectivity index (χ1n) is 9.88. The molecule has 0 saturated carbocycles. The lowest BCUT2D eigenvalue weighted by Gasteiger charge is -2.23. The number of amides is 1. The molecule has 1 aromatic heterocycles. The summed E-state index contributed by atoms with van der Waals surface area (Å²) in [5.41, 5.74) is -0.236. The van der Waals surface area contributed by atoms with Crippen molar-refractivity contribution in [2.24, 2.45) is 0 Å². The number of nitrogens with zero attached hydrogens (tertiary/aromatic N) is 2. The zero-order chi connectivity index (χ0) is 23.2. The molecule has 1 amide bonds. The molecule has 0 radical (unpaired) electrons. The number of aliphatic hydroxyl groups is 1. The van der Waals surface area contributed by atoms with Gasteiger partial charge < -0.3 is 9.63 Å². The molecule has 4 rings (SSSR count). The number of aliphatic hydroxyl groups excluding tert-OH is 1. The number of hydrogen-bond donors (Lipinski definition) is 1. The molecule has 1 atom stereocenters. The Morgan fingerprint density at radius 3 is 2.38 bits per heavy atom. The molecule has 0 spiro atoms. The first-order valence-corrected chi connectivity index (χ1v) is 10.7. The van der Waals surface area contributed by atoms with E-state index in [0.29, 0.717) is 11.3 Å². The van der Waals surface area contributed by atoms with Gasteiger partial charge in [0.2, 0.25) is 0 Å². The number of halogens is 2. The lowest BCUT2D eigenvalue weighted by molar-refractivity contribution is -0.132. The van der Waals surface area contributed by atoms with Crippen molar-refractivity contribution in [3.8, 4) is 0 Å². The first-order chi connectivity index (χ1) is 15.1. The lowest BCUT2D eigenvalue weighted by atomic mass is 9.93. The van der Waals surface area contributed by atoms with Gasteiger partial charge in [0.05, 0.1) is 11.6 Å². The zero-order valence-corrected chi connectivity index (χ0v) is 19.2. The van der Waals surface area contributed by atoms with Crippen molar-refractivity contribution >= 4 is 39.2 Å². The van der Waals surface area contributed by atoms with Crippen molar-refractivity contribution in [2.45, 2.75) is 32.2 Å². The van der Waals surface area contributed by atoms with Crippen LogP contribution in [0.4, 0.5) is 10.2 Å². The second kappa shape index (κ2) is 8.02. The summed E-state index contributed by atoms with van der Waals surface area (Å²) in [4.78, 5) is 27.2. The monoisotopic (exact) mass is 498 g/mol. The van der Waals surface area contributed by atoms with Gasteiger partial charge in [0.15, 0.2) is 5.82 Å². The molecule has 2 heterocycles. The molecule has 1 fully saturated rings. The number of ketones is 1. The maximum Gasteiger partial charge on any atom is 0.301 e. The van der Waals surface area contributed by atoms with E-state index < -0.39 is 34.7 Å². The van der Waals surface area contributed by atoms with Gasteiger partial charge in [-0.3, -0.25) is 14.5 Å². The number of Topliss-reactive ketones (excluding diaryl/α,β-unsaturated/α-hetero) is 1. The van der Waals surface area contributed by atoms with E-state index in [1.54, 1.807) is 36.4 Å². The van der Waals surface area contributed by atoms with E-state index in [9.17, 15) is 19.1 Å². The van der Waals surface area contributed by atoms with Crippen LogP contribution in [0.15, 0.2) is 69.2 Å². The third-order valence-corrected chi connectivity index (χ3v) is 5.77. The van der Waals surface area contributed by atoms with Crippen molar-refractivity contribution in [1.82, 2.24) is 5.16 Å². The summed E-state index contributed by atoms with van der Waals surface area (Å²) in [7, 11) is 0. The maximum atomic E-state index is 14.9. The summed E-state index contributed by atoms with van der Waals surface area (Å²) in [6, 6.07) is 12.7. The Morgan fingerprint density at radius 1 is 1.12 bits per heavy atom. The van der Waals surface area contributed by atoms with E-state index in [0.717, 1.165) is 9.37 Å². The average Bonchev–Trinajstić information content (AvgIpc) is 3.32. The molecule has 6 nitrogen and oxygen atoms in total. The molecular formula is C24H20BrFN2O4. The van der Waals surface area contributed by atoms with Crippen molar-refractivity contribution in [2.75, 3.05) is 4.90 Å². The Kier molecular flexibility index (Phi) is 5.50. The fourth-order valence-corrected chi connectivity index (χ4v) is 3.82. The molecule has 164 valence electrons. The standard InChI is InChI=1S/C24H20BrFN2O4/c1-24(2,3)17-12-18(27-32-17)28-20(15-6-4-5-7-16(15)26)19(22(30)23(28)31)21(29)13-8-10-14(25)11-9-13/h4-12,20,29H,1-3H3/t20-/m0/s1. The quantitative estimate of drug-likeness (QED) is 0.292. The highest BCUT2D eigenvalue weighted by atomic mass is 79.9. The van der Waals surface area contributed by atoms with Crippen LogP contribution in [0.5, 0.6) is 0 Å². The smallest absolute Gasteiger partial charge is 0.301 e. The van der Waals surface area contributed by atoms with Crippen LogP contribution in [0.1, 0.15) is 43.7 Å². The number of carbonyl (C=O) groups is 2. The molecule has 8 heteroatoms. The Balaban J connectivity index is 1.94. The van der Waals surface area contributed by atoms with Crippen LogP contribution in [-0.2, 0) is 15.0 Å². The van der Waals surface area contributed by atoms with Crippen LogP contribution in [0.2, 0.25) is 0 Å². The summed E-state index contributed by atoms with van der Waals surface area (Å²) in [6.45, 7) is 5.73. The Morgan fingerprint density at radius 2 is 1.78 bits per heavy atom. The van der Waals surface area contributed by atoms with Gasteiger partial charge in [-0.05, 0) is 18.2 Å². The third-order valence-electron chi connectivity index (χ3n) is 5.25. The van der Waals surface area contributed by atoms with E-state index in [2.05, 4.69) is 21.1 Å². The van der Waals surface area contributed by atoms with Crippen LogP contribution in [-0.4, -0.2) is 22.0 Å². The van der Waals surface area contributed by atoms with Gasteiger partial charge in [-0.25, -0.2) is 4.39 Å². The van der Waals surface area contributed by atoms with Gasteiger partial charge in [0, 0.05) is 27.1 Å². The minimum Gasteiger partial charge on any atom is -0.507 e. The largest absolute Gasteiger partial charge is 0.507 e. The molecule has 1 saturated heterocycles. The molecule has 0 bridgehead atoms. The number of rotatable bonds is 3. The number of anilines is 1. The molecule has 1 N–H and O–H groups in total. The number of benzene rings is 2. The van der Waals surface area contributed by atoms with Crippen molar-refractivity contribution in [3.05, 3.63) is 87.3 Å². The van der Waals surface area contributed by atoms with Crippen LogP contribution in [0, 0.1) is 5.82 Å². The van der Waals surface area contributed by atoms with Gasteiger partial charge in [0.25, 0.3) is 5.78 Å². The molecule has 0 aliphatic carbocycles. The second-order valence-electron chi connectivity index (χ2n) is 8.50. The SMILES string of the molecule is CC(C)(C)c1cc(N2C(=O)C(=O)C(=C(O)c3ccc(Br)cc3)[C@@H]2c2ccccc2F)no1. The summed E-state index contributed by atoms with van der Waals surface area (Å²) in [6.07, 6.45) is 0. The maximum absolute atomic E-state index is 14.9. The zero-order valence-electron chi connectivity index (χ0n) is 17.6. The van der Waals surface area contributed by atoms with Crippen molar-refractivity contribution in [3.63, 3.8) is 0 Å². The Hall–Kier alpha value is -3.26. The summed E-state index contributed by atoms with van der Waals surface area (Å²) in [5.74, 6) is -2.31. The molecular weight excluding hydrogens is 479 g/mol. The molecule has 1 aliphatic heterocycles. The highest BCUT2D eigenvalue weighted by molar-refractivity contribution is 9.10. The molecule has 2 aromatic carbocycles. The highest BCUT2D eigenvalue weighted by Crippen LogP contribution is 2.43. The fourth-order valence-electron chi connectivity index (χ4n) is 3.56. The van der Waals surface area contributed by atoms with E-state index in [-0.39, 0.29) is 17.0 Å². The van der Waals surface area contributed by atoms with Gasteiger partial charge in [-0.2, -0.15) is 0 Å². The van der Waals surface area contributed by atoms with Gasteiger partial charge in [0.1, 0.15) is 17.3 Å². The normalized spacial score (nSPS) is 18.4. The number of hydrogen-bond acceptors (Lipinski definition) is 5. The summed E-state index contributed by atoms with van der Waals surface area (Å²) >= 11 is 3.32. The highest BCUT2D eigenvalue weighted by Gasteiger charge is 2.49. The van der Waals surface area contributed by atoms with Crippen LogP contribution in [0.25, 0.3) is 5.76 Å². The minimum atomic E-state index is -1.21. The summed E-state index contributed by atoms with van der Waals surface area (Å²) in [5, 5.41) is 15.0. The van der Waals surface area contributed by atoms with Crippen LogP contribution < -0.4 is 4.90 Å². The van der Waals surface area contributed by atoms with E-state index >= 15 is 0 Å². The van der Waals surface area contributed by atoms with Crippen LogP contribution in [0.3, 0.4) is 0 Å². The van der Waals surface area contributed by atoms with Gasteiger partial charge in [-0.1, -0.05) is 72.2 Å². The molecule has 3 aromatic rings. The van der Waals surface area contributed by atoms with E-state index in [1.165, 1.54) is 18.2 Å². The van der Waals surface area contributed by atoms with Crippen molar-refractivity contribution < 1.29 is 23.6 Å². The molecule has 0 unspecified atom stereocenters. The summed E-state index contributed by atoms with van der Waals surface area (Å²) < 4.78 is 21.0. The topological polar surface area (TPSA) is 83.6 Å². The predicted molar refractivity (Wildman–Crippen MR) is 121 cm³/mol. The second-order valence-corrected chi connectivity index (χ2v) is 9.41. The Bertz CT molecular complexity index is 1240.